The van der Waals surface area contributed by atoms with Gasteiger partial charge in [0.2, 0.25) is 0 Å². The van der Waals surface area contributed by atoms with Gasteiger partial charge in [-0.05, 0) is 18.2 Å². The van der Waals surface area contributed by atoms with Crippen LogP contribution in [-0.2, 0) is 9.47 Å². The Hall–Kier alpha value is -2.53. The zero-order chi connectivity index (χ0) is 20.3. The molecule has 1 aromatic carbocycles. The Morgan fingerprint density at radius 2 is 2.00 bits per heavy atom. The van der Waals surface area contributed by atoms with Crippen molar-refractivity contribution in [1.29, 1.82) is 0 Å². The summed E-state index contributed by atoms with van der Waals surface area (Å²) in [7, 11) is 2.96. The Morgan fingerprint density at radius 3 is 2.57 bits per heavy atom. The van der Waals surface area contributed by atoms with Crippen molar-refractivity contribution < 1.29 is 24.2 Å². The molecule has 2 aromatic rings. The van der Waals surface area contributed by atoms with Gasteiger partial charge in [0.1, 0.15) is 17.7 Å². The molecular formula is C17H19ClN4O6. The van der Waals surface area contributed by atoms with Crippen molar-refractivity contribution in [3.8, 4) is 5.75 Å². The van der Waals surface area contributed by atoms with Crippen LogP contribution in [-0.4, -0.2) is 59.4 Å². The Morgan fingerprint density at radius 1 is 1.29 bits per heavy atom. The van der Waals surface area contributed by atoms with E-state index >= 15 is 0 Å². The molecule has 0 fully saturated rings. The molecule has 150 valence electrons. The third-order valence-electron chi connectivity index (χ3n) is 4.42. The highest BCUT2D eigenvalue weighted by Gasteiger charge is 2.50. The zero-order valence-electron chi connectivity index (χ0n) is 15.2. The second kappa shape index (κ2) is 8.23. The molecule has 3 rings (SSSR count). The van der Waals surface area contributed by atoms with E-state index in [-0.39, 0.29) is 24.1 Å². The van der Waals surface area contributed by atoms with E-state index in [4.69, 9.17) is 25.8 Å². The number of hydrogen-bond acceptors (Lipinski definition) is 9. The maximum atomic E-state index is 11.2. The van der Waals surface area contributed by atoms with Crippen LogP contribution >= 0.6 is 11.6 Å². The van der Waals surface area contributed by atoms with E-state index in [1.54, 1.807) is 6.07 Å². The number of methoxy groups -OCH3 is 2. The summed E-state index contributed by atoms with van der Waals surface area (Å²) in [5.41, 5.74) is -0.958. The van der Waals surface area contributed by atoms with Gasteiger partial charge >= 0.3 is 0 Å². The Balaban J connectivity index is 2.08. The molecule has 0 unspecified atom stereocenters. The summed E-state index contributed by atoms with van der Waals surface area (Å²) in [5.74, 6) is 0.695. The minimum Gasteiger partial charge on any atom is -0.479 e. The van der Waals surface area contributed by atoms with Crippen molar-refractivity contribution in [2.24, 2.45) is 0 Å². The second-order valence-electron chi connectivity index (χ2n) is 6.32. The van der Waals surface area contributed by atoms with Gasteiger partial charge in [0.05, 0.1) is 24.2 Å². The molecule has 2 atom stereocenters. The third-order valence-corrected chi connectivity index (χ3v) is 4.62. The lowest BCUT2D eigenvalue weighted by molar-refractivity contribution is -0.385. The molecular weight excluding hydrogens is 392 g/mol. The fourth-order valence-electron chi connectivity index (χ4n) is 3.21. The van der Waals surface area contributed by atoms with Gasteiger partial charge < -0.3 is 24.6 Å². The number of aromatic nitrogens is 2. The third kappa shape index (κ3) is 3.85. The average molecular weight is 411 g/mol. The summed E-state index contributed by atoms with van der Waals surface area (Å²) in [6.45, 7) is 0.0613. The predicted molar refractivity (Wildman–Crippen MR) is 99.6 cm³/mol. The van der Waals surface area contributed by atoms with Crippen LogP contribution in [0.5, 0.6) is 5.75 Å². The van der Waals surface area contributed by atoms with Gasteiger partial charge in [0, 0.05) is 31.9 Å². The van der Waals surface area contributed by atoms with Crippen LogP contribution in [0.1, 0.15) is 11.6 Å². The van der Waals surface area contributed by atoms with Crippen LogP contribution in [0.2, 0.25) is 5.15 Å². The van der Waals surface area contributed by atoms with Gasteiger partial charge in [-0.15, -0.1) is 10.2 Å². The van der Waals surface area contributed by atoms with E-state index in [0.717, 1.165) is 0 Å². The standard InChI is InChI=1S/C17H19ClN4O6/c1-26-8-17(9-27-2)16(23)15(19-14-6-5-13(18)20-21-14)11-7-10(22(24)25)3-4-12(11)28-17/h3-7,15-16,23H,8-9H2,1-2H3,(H,19,21)/t15-,16+/m0/s1. The van der Waals surface area contributed by atoms with Gasteiger partial charge in [-0.1, -0.05) is 11.6 Å². The number of nitrogens with zero attached hydrogens (tertiary/aromatic N) is 3. The number of benzene rings is 1. The number of aliphatic hydroxyl groups is 1. The van der Waals surface area contributed by atoms with Crippen molar-refractivity contribution in [3.63, 3.8) is 0 Å². The maximum Gasteiger partial charge on any atom is 0.270 e. The maximum absolute atomic E-state index is 11.2. The first-order valence-corrected chi connectivity index (χ1v) is 8.67. The lowest BCUT2D eigenvalue weighted by atomic mass is 9.84. The number of halogens is 1. The van der Waals surface area contributed by atoms with Crippen LogP contribution in [0.3, 0.4) is 0 Å². The molecule has 1 aliphatic rings. The van der Waals surface area contributed by atoms with Crippen LogP contribution in [0.15, 0.2) is 30.3 Å². The summed E-state index contributed by atoms with van der Waals surface area (Å²) in [4.78, 5) is 10.7. The number of hydrogen-bond donors (Lipinski definition) is 2. The average Bonchev–Trinajstić information content (AvgIpc) is 2.67. The molecule has 0 aliphatic carbocycles. The fourth-order valence-corrected chi connectivity index (χ4v) is 3.31. The van der Waals surface area contributed by atoms with E-state index in [1.165, 1.54) is 38.5 Å². The first kappa shape index (κ1) is 20.2. The Kier molecular flexibility index (Phi) is 5.94. The van der Waals surface area contributed by atoms with Crippen LogP contribution in [0.4, 0.5) is 11.5 Å². The highest BCUT2D eigenvalue weighted by Crippen LogP contribution is 2.43. The number of fused-ring (bicyclic) bond motifs is 1. The quantitative estimate of drug-likeness (QED) is 0.519. The zero-order valence-corrected chi connectivity index (χ0v) is 15.9. The smallest absolute Gasteiger partial charge is 0.270 e. The molecule has 0 saturated heterocycles. The van der Waals surface area contributed by atoms with Crippen molar-refractivity contribution in [1.82, 2.24) is 10.2 Å². The first-order valence-electron chi connectivity index (χ1n) is 8.29. The molecule has 28 heavy (non-hydrogen) atoms. The van der Waals surface area contributed by atoms with Crippen molar-refractivity contribution >= 4 is 23.1 Å². The largest absolute Gasteiger partial charge is 0.479 e. The van der Waals surface area contributed by atoms with E-state index in [9.17, 15) is 15.2 Å². The normalized spacial score (nSPS) is 20.1. The number of non-ortho nitro benzene ring substituents is 1. The van der Waals surface area contributed by atoms with Gasteiger partial charge in [0.25, 0.3) is 5.69 Å². The number of nitro groups is 1. The number of rotatable bonds is 7. The molecule has 0 amide bonds. The van der Waals surface area contributed by atoms with E-state index in [0.29, 0.717) is 17.1 Å². The van der Waals surface area contributed by atoms with Crippen LogP contribution in [0, 0.1) is 10.1 Å². The molecule has 0 saturated carbocycles. The van der Waals surface area contributed by atoms with Crippen molar-refractivity contribution in [3.05, 3.63) is 51.2 Å². The van der Waals surface area contributed by atoms with Crippen molar-refractivity contribution in [2.75, 3.05) is 32.8 Å². The van der Waals surface area contributed by atoms with Gasteiger partial charge in [0.15, 0.2) is 10.8 Å². The number of ether oxygens (including phenoxy) is 3. The number of nitro benzene ring substituents is 1. The number of nitrogens with one attached hydrogen (secondary N) is 1. The fraction of sp³-hybridized carbons (Fsp3) is 0.412. The van der Waals surface area contributed by atoms with Gasteiger partial charge in [-0.3, -0.25) is 10.1 Å². The number of aliphatic hydroxyl groups excluding tert-OH is 1. The molecule has 2 heterocycles. The van der Waals surface area contributed by atoms with Crippen LogP contribution in [0.25, 0.3) is 0 Å². The Labute approximate surface area is 165 Å². The molecule has 1 aliphatic heterocycles. The minimum atomic E-state index is -1.23. The molecule has 0 bridgehead atoms. The van der Waals surface area contributed by atoms with E-state index < -0.39 is 22.7 Å². The molecule has 10 nitrogen and oxygen atoms in total. The highest BCUT2D eigenvalue weighted by atomic mass is 35.5. The highest BCUT2D eigenvalue weighted by molar-refractivity contribution is 6.29. The van der Waals surface area contributed by atoms with Crippen LogP contribution < -0.4 is 10.1 Å². The molecule has 11 heteroatoms. The Bertz CT molecular complexity index is 844. The summed E-state index contributed by atoms with van der Waals surface area (Å²) in [6, 6.07) is 6.49. The minimum absolute atomic E-state index is 0.0307. The first-order chi connectivity index (χ1) is 13.4. The van der Waals surface area contributed by atoms with Gasteiger partial charge in [-0.25, -0.2) is 0 Å². The number of anilines is 1. The van der Waals surface area contributed by atoms with Gasteiger partial charge in [-0.2, -0.15) is 0 Å². The topological polar surface area (TPSA) is 129 Å². The summed E-state index contributed by atoms with van der Waals surface area (Å²) in [5, 5.41) is 33.3. The predicted octanol–water partition coefficient (Wildman–Crippen LogP) is 1.98. The van der Waals surface area contributed by atoms with E-state index in [1.807, 2.05) is 0 Å². The lowest BCUT2D eigenvalue weighted by Crippen LogP contribution is -2.60. The summed E-state index contributed by atoms with van der Waals surface area (Å²) in [6.07, 6.45) is -1.18. The SMILES string of the molecule is COCC1(COC)Oc2ccc([N+](=O)[O-])cc2[C@H](Nc2ccc(Cl)nn2)[C@H]1O. The molecule has 0 radical (unpaired) electrons. The molecule has 0 spiro atoms. The molecule has 1 aromatic heterocycles. The second-order valence-corrected chi connectivity index (χ2v) is 6.71. The summed E-state index contributed by atoms with van der Waals surface area (Å²) < 4.78 is 16.5. The monoisotopic (exact) mass is 410 g/mol. The van der Waals surface area contributed by atoms with Crippen molar-refractivity contribution in [2.45, 2.75) is 17.7 Å². The summed E-state index contributed by atoms with van der Waals surface area (Å²) >= 11 is 5.77. The molecule has 2 N–H and O–H groups in total. The lowest BCUT2D eigenvalue weighted by Gasteiger charge is -2.45. The van der Waals surface area contributed by atoms with E-state index in [2.05, 4.69) is 15.5 Å².